The molecule has 0 spiro atoms. The molecule has 0 unspecified atom stereocenters. The molecule has 3 rings (SSSR count). The van der Waals surface area contributed by atoms with Crippen LogP contribution in [-0.4, -0.2) is 26.6 Å². The molecule has 1 aromatic carbocycles. The number of hydrogen-bond donors (Lipinski definition) is 0. The predicted octanol–water partition coefficient (Wildman–Crippen LogP) is 3.93. The summed E-state index contributed by atoms with van der Waals surface area (Å²) in [7, 11) is 0. The smallest absolute Gasteiger partial charge is 0.359 e. The fourth-order valence-electron chi connectivity index (χ4n) is 3.28. The van der Waals surface area contributed by atoms with E-state index in [9.17, 15) is 4.79 Å². The monoisotopic (exact) mass is 325 g/mol. The number of benzene rings is 1. The molecule has 0 radical (unpaired) electrons. The van der Waals surface area contributed by atoms with E-state index in [0.29, 0.717) is 5.69 Å². The average molecular weight is 325 g/mol. The van der Waals surface area contributed by atoms with Gasteiger partial charge in [0.2, 0.25) is 0 Å². The van der Waals surface area contributed by atoms with Gasteiger partial charge >= 0.3 is 5.97 Å². The molecule has 1 heterocycles. The minimum absolute atomic E-state index is 0.0951. The van der Waals surface area contributed by atoms with Crippen molar-refractivity contribution < 1.29 is 9.53 Å². The normalized spacial score (nSPS) is 17.9. The third kappa shape index (κ3) is 3.25. The number of rotatable bonds is 5. The fraction of sp³-hybridized carbons (Fsp3) is 0.421. The zero-order chi connectivity index (χ0) is 17.0. The maximum Gasteiger partial charge on any atom is 0.359 e. The van der Waals surface area contributed by atoms with Crippen molar-refractivity contribution in [3.05, 3.63) is 60.4 Å². The van der Waals surface area contributed by atoms with Crippen molar-refractivity contribution in [1.82, 2.24) is 15.0 Å². The summed E-state index contributed by atoms with van der Waals surface area (Å²) in [5, 5.41) is 8.01. The molecule has 24 heavy (non-hydrogen) atoms. The van der Waals surface area contributed by atoms with Crippen molar-refractivity contribution in [2.45, 2.75) is 50.7 Å². The van der Waals surface area contributed by atoms with Gasteiger partial charge in [0.15, 0.2) is 5.69 Å². The first-order valence-corrected chi connectivity index (χ1v) is 8.47. The van der Waals surface area contributed by atoms with E-state index >= 15 is 0 Å². The van der Waals surface area contributed by atoms with Crippen LogP contribution in [0.15, 0.2) is 49.2 Å². The second kappa shape index (κ2) is 6.99. The second-order valence-corrected chi connectivity index (χ2v) is 6.37. The predicted molar refractivity (Wildman–Crippen MR) is 91.7 cm³/mol. The van der Waals surface area contributed by atoms with Crippen LogP contribution < -0.4 is 0 Å². The van der Waals surface area contributed by atoms with Gasteiger partial charge in [-0.15, -0.1) is 5.10 Å². The van der Waals surface area contributed by atoms with Crippen molar-refractivity contribution in [2.75, 3.05) is 0 Å². The van der Waals surface area contributed by atoms with E-state index in [1.165, 1.54) is 12.6 Å². The number of ether oxygens (including phenoxy) is 1. The number of aromatic nitrogens is 3. The SMILES string of the molecule is C=CC1(OC(=O)c2cnnn2[C@H](C)c2ccccc2)CCCCC1. The van der Waals surface area contributed by atoms with Gasteiger partial charge < -0.3 is 4.74 Å². The summed E-state index contributed by atoms with van der Waals surface area (Å²) in [5.41, 5.74) is 0.881. The van der Waals surface area contributed by atoms with E-state index in [0.717, 1.165) is 31.2 Å². The third-order valence-corrected chi connectivity index (χ3v) is 4.80. The molecule has 0 amide bonds. The summed E-state index contributed by atoms with van der Waals surface area (Å²) in [6.07, 6.45) is 8.20. The average Bonchev–Trinajstić information content (AvgIpc) is 3.12. The number of hydrogen-bond acceptors (Lipinski definition) is 4. The summed E-state index contributed by atoms with van der Waals surface area (Å²) in [6.45, 7) is 5.87. The van der Waals surface area contributed by atoms with Crippen molar-refractivity contribution >= 4 is 5.97 Å². The molecular formula is C19H23N3O2. The summed E-state index contributed by atoms with van der Waals surface area (Å²) in [5.74, 6) is -0.385. The Labute approximate surface area is 142 Å². The highest BCUT2D eigenvalue weighted by Crippen LogP contribution is 2.33. The number of esters is 1. The van der Waals surface area contributed by atoms with Crippen LogP contribution in [0.4, 0.5) is 0 Å². The van der Waals surface area contributed by atoms with E-state index < -0.39 is 5.60 Å². The molecule has 126 valence electrons. The number of carbonyl (C=O) groups is 1. The van der Waals surface area contributed by atoms with Crippen LogP contribution in [0.1, 0.15) is 61.1 Å². The summed E-state index contributed by atoms with van der Waals surface area (Å²) in [4.78, 5) is 12.7. The van der Waals surface area contributed by atoms with Crippen molar-refractivity contribution in [2.24, 2.45) is 0 Å². The van der Waals surface area contributed by atoms with Crippen LogP contribution in [0.3, 0.4) is 0 Å². The third-order valence-electron chi connectivity index (χ3n) is 4.80. The van der Waals surface area contributed by atoms with Gasteiger partial charge in [0.05, 0.1) is 12.2 Å². The lowest BCUT2D eigenvalue weighted by molar-refractivity contribution is -0.0125. The molecule has 1 aliphatic rings. The van der Waals surface area contributed by atoms with Crippen LogP contribution in [0.5, 0.6) is 0 Å². The van der Waals surface area contributed by atoms with Crippen molar-refractivity contribution in [3.8, 4) is 0 Å². The lowest BCUT2D eigenvalue weighted by atomic mass is 9.85. The van der Waals surface area contributed by atoms with Gasteiger partial charge in [-0.05, 0) is 44.2 Å². The Morgan fingerprint density at radius 2 is 2.00 bits per heavy atom. The summed E-state index contributed by atoms with van der Waals surface area (Å²) < 4.78 is 7.46. The number of carbonyl (C=O) groups excluding carboxylic acids is 1. The van der Waals surface area contributed by atoms with Gasteiger partial charge in [0.25, 0.3) is 0 Å². The molecule has 1 fully saturated rings. The van der Waals surface area contributed by atoms with Gasteiger partial charge in [0.1, 0.15) is 5.60 Å². The first-order chi connectivity index (χ1) is 11.7. The minimum Gasteiger partial charge on any atom is -0.450 e. The Morgan fingerprint density at radius 1 is 1.29 bits per heavy atom. The highest BCUT2D eigenvalue weighted by atomic mass is 16.6. The Bertz CT molecular complexity index is 702. The first-order valence-electron chi connectivity index (χ1n) is 8.47. The lowest BCUT2D eigenvalue weighted by Crippen LogP contribution is -2.35. The van der Waals surface area contributed by atoms with E-state index in [1.807, 2.05) is 37.3 Å². The van der Waals surface area contributed by atoms with Crippen LogP contribution in [0.25, 0.3) is 0 Å². The standard InChI is InChI=1S/C19H23N3O2/c1-3-19(12-8-5-9-13-19)24-18(23)17-14-20-21-22(17)15(2)16-10-6-4-7-11-16/h3-4,6-7,10-11,14-15H,1,5,8-9,12-13H2,2H3/t15-/m1/s1. The first kappa shape index (κ1) is 16.4. The van der Waals surface area contributed by atoms with Crippen LogP contribution in [0, 0.1) is 0 Å². The van der Waals surface area contributed by atoms with E-state index in [2.05, 4.69) is 16.9 Å². The maximum atomic E-state index is 12.7. The van der Waals surface area contributed by atoms with Gasteiger partial charge in [-0.2, -0.15) is 0 Å². The van der Waals surface area contributed by atoms with Crippen LogP contribution in [0.2, 0.25) is 0 Å². The largest absolute Gasteiger partial charge is 0.450 e. The highest BCUT2D eigenvalue weighted by molar-refractivity contribution is 5.87. The molecule has 1 atom stereocenters. The van der Waals surface area contributed by atoms with Crippen molar-refractivity contribution in [3.63, 3.8) is 0 Å². The molecule has 0 N–H and O–H groups in total. The number of nitrogens with zero attached hydrogens (tertiary/aromatic N) is 3. The molecule has 1 aromatic heterocycles. The lowest BCUT2D eigenvalue weighted by Gasteiger charge is -2.33. The van der Waals surface area contributed by atoms with Crippen LogP contribution >= 0.6 is 0 Å². The van der Waals surface area contributed by atoms with Gasteiger partial charge in [-0.25, -0.2) is 9.48 Å². The molecule has 0 aliphatic heterocycles. The van der Waals surface area contributed by atoms with Crippen molar-refractivity contribution in [1.29, 1.82) is 0 Å². The summed E-state index contributed by atoms with van der Waals surface area (Å²) in [6, 6.07) is 9.82. The minimum atomic E-state index is -0.555. The summed E-state index contributed by atoms with van der Waals surface area (Å²) >= 11 is 0. The fourth-order valence-corrected chi connectivity index (χ4v) is 3.28. The van der Waals surface area contributed by atoms with Gasteiger partial charge in [-0.3, -0.25) is 0 Å². The molecule has 1 saturated carbocycles. The van der Waals surface area contributed by atoms with Gasteiger partial charge in [0, 0.05) is 0 Å². The molecule has 5 nitrogen and oxygen atoms in total. The van der Waals surface area contributed by atoms with E-state index in [1.54, 1.807) is 10.8 Å². The van der Waals surface area contributed by atoms with Gasteiger partial charge in [-0.1, -0.05) is 48.5 Å². The zero-order valence-electron chi connectivity index (χ0n) is 14.0. The maximum absolute atomic E-state index is 12.7. The van der Waals surface area contributed by atoms with E-state index in [-0.39, 0.29) is 12.0 Å². The molecule has 5 heteroatoms. The molecule has 0 bridgehead atoms. The molecule has 0 saturated heterocycles. The Morgan fingerprint density at radius 3 is 2.67 bits per heavy atom. The van der Waals surface area contributed by atoms with Crippen LogP contribution in [-0.2, 0) is 4.74 Å². The Balaban J connectivity index is 1.82. The molecular weight excluding hydrogens is 302 g/mol. The Hall–Kier alpha value is -2.43. The highest BCUT2D eigenvalue weighted by Gasteiger charge is 2.34. The molecule has 1 aliphatic carbocycles. The van der Waals surface area contributed by atoms with E-state index in [4.69, 9.17) is 4.74 Å². The Kier molecular flexibility index (Phi) is 4.79. The molecule has 2 aromatic rings. The second-order valence-electron chi connectivity index (χ2n) is 6.37. The zero-order valence-corrected chi connectivity index (χ0v) is 14.0. The topological polar surface area (TPSA) is 57.0 Å². The quantitative estimate of drug-likeness (QED) is 0.617.